The molecule has 0 aliphatic carbocycles. The molecule has 0 bridgehead atoms. The monoisotopic (exact) mass is 231 g/mol. The van der Waals surface area contributed by atoms with E-state index < -0.39 is 0 Å². The third-order valence-electron chi connectivity index (χ3n) is 2.57. The van der Waals surface area contributed by atoms with Gasteiger partial charge in [0.1, 0.15) is 0 Å². The fraction of sp³-hybridized carbons (Fsp3) is 0.214. The zero-order valence-corrected chi connectivity index (χ0v) is 9.98. The minimum atomic E-state index is 0.0183. The topological polar surface area (TPSA) is 12.9 Å². The number of benzene rings is 1. The lowest BCUT2D eigenvalue weighted by atomic mass is 10.0. The highest BCUT2D eigenvalue weighted by atomic mass is 35.5. The molecule has 0 spiro atoms. The van der Waals surface area contributed by atoms with Crippen molar-refractivity contribution < 1.29 is 0 Å². The third kappa shape index (κ3) is 2.83. The summed E-state index contributed by atoms with van der Waals surface area (Å²) in [4.78, 5) is 3.99. The number of alkyl halides is 1. The maximum atomic E-state index is 6.37. The number of halogens is 1. The summed E-state index contributed by atoms with van der Waals surface area (Å²) >= 11 is 6.37. The number of hydrogen-bond donors (Lipinski definition) is 0. The molecule has 1 atom stereocenters. The molecule has 0 fully saturated rings. The fourth-order valence-electron chi connectivity index (χ4n) is 1.74. The number of aryl methyl sites for hydroxylation is 1. The predicted octanol–water partition coefficient (Wildman–Crippen LogP) is 3.91. The van der Waals surface area contributed by atoms with E-state index in [0.717, 1.165) is 12.0 Å². The van der Waals surface area contributed by atoms with Crippen LogP contribution in [0.2, 0.25) is 0 Å². The highest BCUT2D eigenvalue weighted by Crippen LogP contribution is 2.24. The van der Waals surface area contributed by atoms with Crippen LogP contribution in [0.1, 0.15) is 22.1 Å². The Morgan fingerprint density at radius 1 is 1.19 bits per heavy atom. The van der Waals surface area contributed by atoms with E-state index in [-0.39, 0.29) is 5.38 Å². The van der Waals surface area contributed by atoms with Crippen LogP contribution >= 0.6 is 11.6 Å². The van der Waals surface area contributed by atoms with Crippen LogP contribution in [-0.4, -0.2) is 4.98 Å². The van der Waals surface area contributed by atoms with E-state index in [1.54, 1.807) is 12.4 Å². The molecule has 0 amide bonds. The summed E-state index contributed by atoms with van der Waals surface area (Å²) in [5.41, 5.74) is 3.67. The SMILES string of the molecule is Cc1cccc(CC(Cl)c2ccncc2)c1. The van der Waals surface area contributed by atoms with Crippen LogP contribution in [0.15, 0.2) is 48.8 Å². The Balaban J connectivity index is 2.11. The molecule has 0 aliphatic rings. The number of hydrogen-bond acceptors (Lipinski definition) is 1. The summed E-state index contributed by atoms with van der Waals surface area (Å²) < 4.78 is 0. The normalized spacial score (nSPS) is 12.4. The zero-order valence-electron chi connectivity index (χ0n) is 9.23. The van der Waals surface area contributed by atoms with E-state index in [0.29, 0.717) is 0 Å². The van der Waals surface area contributed by atoms with Gasteiger partial charge in [-0.25, -0.2) is 0 Å². The van der Waals surface area contributed by atoms with Crippen molar-refractivity contribution in [3.05, 3.63) is 65.5 Å². The van der Waals surface area contributed by atoms with Crippen LogP contribution in [0.4, 0.5) is 0 Å². The van der Waals surface area contributed by atoms with Crippen molar-refractivity contribution >= 4 is 11.6 Å². The van der Waals surface area contributed by atoms with Crippen LogP contribution in [0, 0.1) is 6.92 Å². The van der Waals surface area contributed by atoms with Crippen LogP contribution in [0.25, 0.3) is 0 Å². The van der Waals surface area contributed by atoms with E-state index in [1.165, 1.54) is 11.1 Å². The van der Waals surface area contributed by atoms with Crippen molar-refractivity contribution in [2.24, 2.45) is 0 Å². The van der Waals surface area contributed by atoms with Gasteiger partial charge in [0, 0.05) is 12.4 Å². The van der Waals surface area contributed by atoms with Gasteiger partial charge in [-0.2, -0.15) is 0 Å². The Morgan fingerprint density at radius 2 is 1.94 bits per heavy atom. The molecule has 1 aromatic heterocycles. The van der Waals surface area contributed by atoms with Gasteiger partial charge in [0.05, 0.1) is 5.38 Å². The van der Waals surface area contributed by atoms with Gasteiger partial charge in [-0.15, -0.1) is 11.6 Å². The molecule has 1 nitrogen and oxygen atoms in total. The van der Waals surface area contributed by atoms with Crippen molar-refractivity contribution in [1.29, 1.82) is 0 Å². The second kappa shape index (κ2) is 5.13. The van der Waals surface area contributed by atoms with Gasteiger partial charge in [-0.05, 0) is 36.6 Å². The molecular formula is C14H14ClN. The van der Waals surface area contributed by atoms with E-state index in [1.807, 2.05) is 12.1 Å². The van der Waals surface area contributed by atoms with Gasteiger partial charge in [0.15, 0.2) is 0 Å². The molecule has 2 heteroatoms. The first-order chi connectivity index (χ1) is 7.75. The van der Waals surface area contributed by atoms with Crippen LogP contribution < -0.4 is 0 Å². The molecule has 0 aliphatic heterocycles. The highest BCUT2D eigenvalue weighted by Gasteiger charge is 2.08. The van der Waals surface area contributed by atoms with Gasteiger partial charge >= 0.3 is 0 Å². The van der Waals surface area contributed by atoms with Crippen molar-refractivity contribution in [3.63, 3.8) is 0 Å². The second-order valence-electron chi connectivity index (χ2n) is 3.94. The van der Waals surface area contributed by atoms with E-state index in [2.05, 4.69) is 36.2 Å². The molecule has 0 saturated heterocycles. The average molecular weight is 232 g/mol. The zero-order chi connectivity index (χ0) is 11.4. The van der Waals surface area contributed by atoms with Gasteiger partial charge in [0.25, 0.3) is 0 Å². The van der Waals surface area contributed by atoms with Gasteiger partial charge in [0.2, 0.25) is 0 Å². The summed E-state index contributed by atoms with van der Waals surface area (Å²) in [6.07, 6.45) is 4.41. The van der Waals surface area contributed by atoms with Gasteiger partial charge in [-0.1, -0.05) is 29.8 Å². The molecule has 16 heavy (non-hydrogen) atoms. The summed E-state index contributed by atoms with van der Waals surface area (Å²) in [6.45, 7) is 2.10. The number of rotatable bonds is 3. The molecule has 0 saturated carbocycles. The second-order valence-corrected chi connectivity index (χ2v) is 4.47. The lowest BCUT2D eigenvalue weighted by molar-refractivity contribution is 0.914. The molecule has 2 rings (SSSR count). The van der Waals surface area contributed by atoms with E-state index in [4.69, 9.17) is 11.6 Å². The first-order valence-electron chi connectivity index (χ1n) is 5.35. The molecule has 1 aromatic carbocycles. The minimum absolute atomic E-state index is 0.0183. The van der Waals surface area contributed by atoms with E-state index >= 15 is 0 Å². The lowest BCUT2D eigenvalue weighted by Gasteiger charge is -2.09. The molecule has 0 N–H and O–H groups in total. The standard InChI is InChI=1S/C14H14ClN/c1-11-3-2-4-12(9-11)10-14(15)13-5-7-16-8-6-13/h2-9,14H,10H2,1H3. The Labute approximate surface area is 101 Å². The smallest absolute Gasteiger partial charge is 0.0626 e. The van der Waals surface area contributed by atoms with Crippen LogP contribution in [0.5, 0.6) is 0 Å². The number of nitrogens with zero attached hydrogens (tertiary/aromatic N) is 1. The predicted molar refractivity (Wildman–Crippen MR) is 67.7 cm³/mol. The van der Waals surface area contributed by atoms with Crippen molar-refractivity contribution in [2.45, 2.75) is 18.7 Å². The number of pyridine rings is 1. The third-order valence-corrected chi connectivity index (χ3v) is 2.97. The summed E-state index contributed by atoms with van der Waals surface area (Å²) in [5, 5.41) is 0.0183. The maximum absolute atomic E-state index is 6.37. The van der Waals surface area contributed by atoms with Crippen molar-refractivity contribution in [1.82, 2.24) is 4.98 Å². The van der Waals surface area contributed by atoms with Crippen molar-refractivity contribution in [3.8, 4) is 0 Å². The molecule has 2 aromatic rings. The van der Waals surface area contributed by atoms with Crippen LogP contribution in [-0.2, 0) is 6.42 Å². The molecule has 82 valence electrons. The summed E-state index contributed by atoms with van der Waals surface area (Å²) in [5.74, 6) is 0. The summed E-state index contributed by atoms with van der Waals surface area (Å²) in [6, 6.07) is 12.4. The number of aromatic nitrogens is 1. The molecule has 1 unspecified atom stereocenters. The van der Waals surface area contributed by atoms with Gasteiger partial charge < -0.3 is 0 Å². The lowest BCUT2D eigenvalue weighted by Crippen LogP contribution is -1.96. The summed E-state index contributed by atoms with van der Waals surface area (Å²) in [7, 11) is 0. The van der Waals surface area contributed by atoms with E-state index in [9.17, 15) is 0 Å². The quantitative estimate of drug-likeness (QED) is 0.730. The fourth-order valence-corrected chi connectivity index (χ4v) is 2.06. The Hall–Kier alpha value is -1.34. The van der Waals surface area contributed by atoms with Crippen LogP contribution in [0.3, 0.4) is 0 Å². The maximum Gasteiger partial charge on any atom is 0.0626 e. The largest absolute Gasteiger partial charge is 0.265 e. The molecular weight excluding hydrogens is 218 g/mol. The Kier molecular flexibility index (Phi) is 3.58. The minimum Gasteiger partial charge on any atom is -0.265 e. The highest BCUT2D eigenvalue weighted by molar-refractivity contribution is 6.20. The first-order valence-corrected chi connectivity index (χ1v) is 5.79. The Bertz CT molecular complexity index is 453. The Morgan fingerprint density at radius 3 is 2.62 bits per heavy atom. The van der Waals surface area contributed by atoms with Crippen molar-refractivity contribution in [2.75, 3.05) is 0 Å². The molecule has 0 radical (unpaired) electrons. The average Bonchev–Trinajstić information content (AvgIpc) is 2.30. The molecule has 1 heterocycles. The first kappa shape index (κ1) is 11.2. The van der Waals surface area contributed by atoms with Gasteiger partial charge in [-0.3, -0.25) is 4.98 Å².